The number of aryl methyl sites for hydroxylation is 1. The van der Waals surface area contributed by atoms with Crippen LogP contribution in [0.15, 0.2) is 35.5 Å². The maximum atomic E-state index is 9.28. The van der Waals surface area contributed by atoms with E-state index in [4.69, 9.17) is 0 Å². The summed E-state index contributed by atoms with van der Waals surface area (Å²) in [6.07, 6.45) is 3.38. The summed E-state index contributed by atoms with van der Waals surface area (Å²) in [6.45, 7) is -0.0251. The first-order valence-electron chi connectivity index (χ1n) is 6.60. The van der Waals surface area contributed by atoms with Gasteiger partial charge in [-0.3, -0.25) is 0 Å². The summed E-state index contributed by atoms with van der Waals surface area (Å²) >= 11 is 1.72. The molecule has 2 aromatic rings. The Bertz CT molecular complexity index is 537. The number of benzene rings is 1. The van der Waals surface area contributed by atoms with Crippen LogP contribution in [0.2, 0.25) is 0 Å². The molecule has 5 heteroatoms. The van der Waals surface area contributed by atoms with Crippen molar-refractivity contribution in [3.05, 3.63) is 41.7 Å². The van der Waals surface area contributed by atoms with Gasteiger partial charge < -0.3 is 9.67 Å². The number of aliphatic hydroxyl groups excluding tert-OH is 1. The summed E-state index contributed by atoms with van der Waals surface area (Å²) in [5.41, 5.74) is 1.34. The third kappa shape index (κ3) is 2.98. The van der Waals surface area contributed by atoms with E-state index < -0.39 is 0 Å². The van der Waals surface area contributed by atoms with Crippen LogP contribution in [-0.4, -0.2) is 25.6 Å². The van der Waals surface area contributed by atoms with Crippen LogP contribution < -0.4 is 0 Å². The van der Waals surface area contributed by atoms with E-state index in [2.05, 4.69) is 39.0 Å². The third-order valence-corrected chi connectivity index (χ3v) is 4.20. The maximum Gasteiger partial charge on any atom is 0.191 e. The monoisotopic (exact) mass is 275 g/mol. The molecule has 0 amide bonds. The highest BCUT2D eigenvalue weighted by Crippen LogP contribution is 2.38. The first-order valence-corrected chi connectivity index (χ1v) is 7.58. The first kappa shape index (κ1) is 12.7. The molecule has 1 aliphatic carbocycles. The van der Waals surface area contributed by atoms with E-state index in [1.165, 1.54) is 18.4 Å². The van der Waals surface area contributed by atoms with E-state index in [0.717, 1.165) is 17.3 Å². The van der Waals surface area contributed by atoms with E-state index in [0.29, 0.717) is 11.9 Å². The van der Waals surface area contributed by atoms with E-state index in [1.54, 1.807) is 11.8 Å². The number of thioether (sulfide) groups is 1. The second kappa shape index (κ2) is 5.75. The Labute approximate surface area is 116 Å². The lowest BCUT2D eigenvalue weighted by atomic mass is 10.2. The second-order valence-corrected chi connectivity index (χ2v) is 5.80. The van der Waals surface area contributed by atoms with Crippen LogP contribution in [0.1, 0.15) is 30.3 Å². The van der Waals surface area contributed by atoms with Crippen LogP contribution in [0.25, 0.3) is 0 Å². The number of hydrogen-bond acceptors (Lipinski definition) is 4. The van der Waals surface area contributed by atoms with Crippen molar-refractivity contribution < 1.29 is 5.11 Å². The molecule has 0 bridgehead atoms. The van der Waals surface area contributed by atoms with Crippen LogP contribution in [0.3, 0.4) is 0 Å². The Kier molecular flexibility index (Phi) is 3.84. The zero-order valence-electron chi connectivity index (χ0n) is 10.7. The van der Waals surface area contributed by atoms with E-state index in [9.17, 15) is 5.11 Å². The largest absolute Gasteiger partial charge is 0.388 e. The molecule has 0 atom stereocenters. The van der Waals surface area contributed by atoms with Crippen molar-refractivity contribution in [2.75, 3.05) is 5.75 Å². The fourth-order valence-corrected chi connectivity index (χ4v) is 3.13. The molecule has 3 rings (SSSR count). The maximum absolute atomic E-state index is 9.28. The Hall–Kier alpha value is -1.33. The molecule has 1 heterocycles. The summed E-state index contributed by atoms with van der Waals surface area (Å²) in [5, 5.41) is 18.5. The highest BCUT2D eigenvalue weighted by Gasteiger charge is 2.29. The molecular weight excluding hydrogens is 258 g/mol. The van der Waals surface area contributed by atoms with Gasteiger partial charge in [0.2, 0.25) is 0 Å². The quantitative estimate of drug-likeness (QED) is 0.823. The van der Waals surface area contributed by atoms with Crippen molar-refractivity contribution >= 4 is 11.8 Å². The Balaban J connectivity index is 1.62. The van der Waals surface area contributed by atoms with Gasteiger partial charge in [0.1, 0.15) is 6.61 Å². The van der Waals surface area contributed by atoms with Crippen LogP contribution in [0.4, 0.5) is 0 Å². The summed E-state index contributed by atoms with van der Waals surface area (Å²) in [7, 11) is 0. The Morgan fingerprint density at radius 1 is 1.21 bits per heavy atom. The second-order valence-electron chi connectivity index (χ2n) is 4.74. The van der Waals surface area contributed by atoms with Crippen molar-refractivity contribution in [2.24, 2.45) is 0 Å². The SMILES string of the molecule is OCc1nnc(SCCc2ccccc2)n1C1CC1. The van der Waals surface area contributed by atoms with Crippen molar-refractivity contribution in [1.29, 1.82) is 0 Å². The van der Waals surface area contributed by atoms with E-state index >= 15 is 0 Å². The van der Waals surface area contributed by atoms with Crippen LogP contribution >= 0.6 is 11.8 Å². The molecule has 1 fully saturated rings. The summed E-state index contributed by atoms with van der Waals surface area (Å²) in [6, 6.07) is 11.0. The lowest BCUT2D eigenvalue weighted by molar-refractivity contribution is 0.263. The van der Waals surface area contributed by atoms with Gasteiger partial charge in [0, 0.05) is 11.8 Å². The molecule has 1 aromatic heterocycles. The fourth-order valence-electron chi connectivity index (χ4n) is 2.12. The predicted molar refractivity (Wildman–Crippen MR) is 75.1 cm³/mol. The minimum Gasteiger partial charge on any atom is -0.388 e. The van der Waals surface area contributed by atoms with Crippen molar-refractivity contribution in [1.82, 2.24) is 14.8 Å². The molecule has 100 valence electrons. The highest BCUT2D eigenvalue weighted by molar-refractivity contribution is 7.99. The van der Waals surface area contributed by atoms with Gasteiger partial charge in [0.15, 0.2) is 11.0 Å². The van der Waals surface area contributed by atoms with Crippen molar-refractivity contribution in [2.45, 2.75) is 37.1 Å². The average molecular weight is 275 g/mol. The zero-order valence-corrected chi connectivity index (χ0v) is 11.5. The van der Waals surface area contributed by atoms with Gasteiger partial charge >= 0.3 is 0 Å². The average Bonchev–Trinajstić information content (AvgIpc) is 3.21. The summed E-state index contributed by atoms with van der Waals surface area (Å²) in [4.78, 5) is 0. The minimum atomic E-state index is -0.0251. The molecule has 0 spiro atoms. The van der Waals surface area contributed by atoms with E-state index in [1.807, 2.05) is 6.07 Å². The third-order valence-electron chi connectivity index (χ3n) is 3.25. The van der Waals surface area contributed by atoms with Gasteiger partial charge in [0.05, 0.1) is 0 Å². The van der Waals surface area contributed by atoms with Crippen LogP contribution in [0.5, 0.6) is 0 Å². The molecule has 0 unspecified atom stereocenters. The van der Waals surface area contributed by atoms with Gasteiger partial charge in [-0.2, -0.15) is 0 Å². The first-order chi connectivity index (χ1) is 9.38. The summed E-state index contributed by atoms with van der Waals surface area (Å²) in [5.74, 6) is 1.69. The van der Waals surface area contributed by atoms with Gasteiger partial charge in [-0.25, -0.2) is 0 Å². The molecule has 4 nitrogen and oxygen atoms in total. The van der Waals surface area contributed by atoms with Gasteiger partial charge in [-0.05, 0) is 24.8 Å². The Morgan fingerprint density at radius 2 is 2.00 bits per heavy atom. The number of aliphatic hydroxyl groups is 1. The number of aromatic nitrogens is 3. The molecule has 0 radical (unpaired) electrons. The molecule has 1 aliphatic rings. The summed E-state index contributed by atoms with van der Waals surface area (Å²) < 4.78 is 2.11. The van der Waals surface area contributed by atoms with Crippen molar-refractivity contribution in [3.63, 3.8) is 0 Å². The van der Waals surface area contributed by atoms with Crippen LogP contribution in [-0.2, 0) is 13.0 Å². The molecule has 1 aromatic carbocycles. The fraction of sp³-hybridized carbons (Fsp3) is 0.429. The minimum absolute atomic E-state index is 0.0251. The van der Waals surface area contributed by atoms with Gasteiger partial charge in [-0.15, -0.1) is 10.2 Å². The molecule has 19 heavy (non-hydrogen) atoms. The predicted octanol–water partition coefficient (Wildman–Crippen LogP) is 2.44. The zero-order chi connectivity index (χ0) is 13.1. The number of hydrogen-bond donors (Lipinski definition) is 1. The standard InChI is InChI=1S/C14H17N3OS/c18-10-13-15-16-14(17(13)12-6-7-12)19-9-8-11-4-2-1-3-5-11/h1-5,12,18H,6-10H2. The molecular formula is C14H17N3OS. The normalized spacial score (nSPS) is 14.8. The topological polar surface area (TPSA) is 50.9 Å². The molecule has 0 saturated heterocycles. The smallest absolute Gasteiger partial charge is 0.191 e. The van der Waals surface area contributed by atoms with Gasteiger partial charge in [-0.1, -0.05) is 42.1 Å². The van der Waals surface area contributed by atoms with E-state index in [-0.39, 0.29) is 6.61 Å². The number of rotatable bonds is 6. The highest BCUT2D eigenvalue weighted by atomic mass is 32.2. The molecule has 1 saturated carbocycles. The van der Waals surface area contributed by atoms with Crippen molar-refractivity contribution in [3.8, 4) is 0 Å². The molecule has 1 N–H and O–H groups in total. The lowest BCUT2D eigenvalue weighted by Gasteiger charge is -2.07. The van der Waals surface area contributed by atoms with Gasteiger partial charge in [0.25, 0.3) is 0 Å². The lowest BCUT2D eigenvalue weighted by Crippen LogP contribution is -2.03. The number of nitrogens with zero attached hydrogens (tertiary/aromatic N) is 3. The Morgan fingerprint density at radius 3 is 2.68 bits per heavy atom. The van der Waals surface area contributed by atoms with Crippen LogP contribution in [0, 0.1) is 0 Å². The molecule has 0 aliphatic heterocycles.